The number of aliphatic carboxylic acids is 1. The molecule has 0 radical (unpaired) electrons. The normalized spacial score (nSPS) is 20.5. The monoisotopic (exact) mass is 251 g/mol. The number of nitrogens with zero attached hydrogens (tertiary/aromatic N) is 1. The van der Waals surface area contributed by atoms with Crippen molar-refractivity contribution in [3.63, 3.8) is 0 Å². The van der Waals surface area contributed by atoms with Gasteiger partial charge in [-0.2, -0.15) is 0 Å². The van der Waals surface area contributed by atoms with Crippen LogP contribution in [0.5, 0.6) is 0 Å². The Balaban J connectivity index is 2.25. The zero-order valence-electron chi connectivity index (χ0n) is 10.4. The van der Waals surface area contributed by atoms with Crippen molar-refractivity contribution >= 4 is 11.9 Å². The lowest BCUT2D eigenvalue weighted by atomic mass is 10.1. The summed E-state index contributed by atoms with van der Waals surface area (Å²) in [5.74, 6) is -0.996. The van der Waals surface area contributed by atoms with Gasteiger partial charge in [-0.1, -0.05) is 12.8 Å². The number of rotatable bonds is 2. The molecule has 5 nitrogen and oxygen atoms in total. The zero-order chi connectivity index (χ0) is 13.1. The minimum absolute atomic E-state index is 0.253. The summed E-state index contributed by atoms with van der Waals surface area (Å²) >= 11 is 0. The van der Waals surface area contributed by atoms with Crippen molar-refractivity contribution < 1.29 is 19.1 Å². The quantitative estimate of drug-likeness (QED) is 0.873. The van der Waals surface area contributed by atoms with Crippen LogP contribution in [0.4, 0.5) is 0 Å². The molecule has 2 heterocycles. The Morgan fingerprint density at radius 3 is 2.78 bits per heavy atom. The third kappa shape index (κ3) is 2.39. The average Bonchev–Trinajstić information content (AvgIpc) is 2.63. The van der Waals surface area contributed by atoms with Crippen LogP contribution >= 0.6 is 0 Å². The van der Waals surface area contributed by atoms with E-state index in [0.717, 1.165) is 24.8 Å². The van der Waals surface area contributed by atoms with Crippen molar-refractivity contribution in [2.45, 2.75) is 38.6 Å². The highest BCUT2D eigenvalue weighted by atomic mass is 16.4. The SMILES string of the molecule is Cc1ccoc1C(=O)N1CCCCCC1C(=O)O. The first-order chi connectivity index (χ1) is 8.61. The molecule has 18 heavy (non-hydrogen) atoms. The number of carboxylic acid groups (broad SMARTS) is 1. The van der Waals surface area contributed by atoms with E-state index in [1.165, 1.54) is 11.2 Å². The molecule has 2 rings (SSSR count). The Labute approximate surface area is 105 Å². The summed E-state index contributed by atoms with van der Waals surface area (Å²) in [5.41, 5.74) is 0.744. The Kier molecular flexibility index (Phi) is 3.69. The number of carboxylic acids is 1. The highest BCUT2D eigenvalue weighted by molar-refractivity contribution is 5.95. The predicted octanol–water partition coefficient (Wildman–Crippen LogP) is 2.06. The Bertz CT molecular complexity index is 452. The van der Waals surface area contributed by atoms with Gasteiger partial charge in [0, 0.05) is 12.1 Å². The summed E-state index contributed by atoms with van der Waals surface area (Å²) < 4.78 is 5.16. The first-order valence-corrected chi connectivity index (χ1v) is 6.19. The molecule has 1 aliphatic rings. The van der Waals surface area contributed by atoms with Crippen LogP contribution in [0.15, 0.2) is 16.7 Å². The van der Waals surface area contributed by atoms with Crippen molar-refractivity contribution in [3.8, 4) is 0 Å². The van der Waals surface area contributed by atoms with E-state index in [4.69, 9.17) is 4.42 Å². The maximum Gasteiger partial charge on any atom is 0.326 e. The zero-order valence-corrected chi connectivity index (χ0v) is 10.4. The van der Waals surface area contributed by atoms with Gasteiger partial charge in [0.1, 0.15) is 6.04 Å². The molecule has 1 saturated heterocycles. The first-order valence-electron chi connectivity index (χ1n) is 6.19. The van der Waals surface area contributed by atoms with E-state index in [0.29, 0.717) is 13.0 Å². The molecule has 0 bridgehead atoms. The van der Waals surface area contributed by atoms with Gasteiger partial charge in [-0.3, -0.25) is 4.79 Å². The highest BCUT2D eigenvalue weighted by Gasteiger charge is 2.33. The fourth-order valence-corrected chi connectivity index (χ4v) is 2.33. The van der Waals surface area contributed by atoms with Crippen molar-refractivity contribution in [1.29, 1.82) is 0 Å². The summed E-state index contributed by atoms with van der Waals surface area (Å²) in [6, 6.07) is 0.977. The lowest BCUT2D eigenvalue weighted by Crippen LogP contribution is -2.44. The van der Waals surface area contributed by atoms with Crippen LogP contribution in [0.3, 0.4) is 0 Å². The van der Waals surface area contributed by atoms with E-state index in [2.05, 4.69) is 0 Å². The molecule has 5 heteroatoms. The number of likely N-dealkylation sites (tertiary alicyclic amines) is 1. The molecule has 1 amide bonds. The molecule has 0 spiro atoms. The Morgan fingerprint density at radius 1 is 1.39 bits per heavy atom. The number of furan rings is 1. The average molecular weight is 251 g/mol. The van der Waals surface area contributed by atoms with Gasteiger partial charge in [0.15, 0.2) is 5.76 Å². The van der Waals surface area contributed by atoms with E-state index < -0.39 is 12.0 Å². The van der Waals surface area contributed by atoms with E-state index >= 15 is 0 Å². The van der Waals surface area contributed by atoms with Gasteiger partial charge >= 0.3 is 5.97 Å². The predicted molar refractivity (Wildman–Crippen MR) is 64.4 cm³/mol. The second kappa shape index (κ2) is 5.25. The summed E-state index contributed by atoms with van der Waals surface area (Å²) in [4.78, 5) is 25.0. The van der Waals surface area contributed by atoms with Gasteiger partial charge in [0.2, 0.25) is 0 Å². The molecule has 98 valence electrons. The number of aryl methyl sites for hydroxylation is 1. The molecule has 1 atom stereocenters. The molecular weight excluding hydrogens is 234 g/mol. The van der Waals surface area contributed by atoms with Gasteiger partial charge in [0.25, 0.3) is 5.91 Å². The van der Waals surface area contributed by atoms with Crippen LogP contribution in [0.1, 0.15) is 41.8 Å². The van der Waals surface area contributed by atoms with E-state index in [-0.39, 0.29) is 11.7 Å². The van der Waals surface area contributed by atoms with Crippen molar-refractivity contribution in [3.05, 3.63) is 23.7 Å². The van der Waals surface area contributed by atoms with Crippen LogP contribution in [-0.4, -0.2) is 34.5 Å². The summed E-state index contributed by atoms with van der Waals surface area (Å²) in [7, 11) is 0. The molecule has 1 aromatic heterocycles. The van der Waals surface area contributed by atoms with E-state index in [9.17, 15) is 14.7 Å². The Hall–Kier alpha value is -1.78. The van der Waals surface area contributed by atoms with Crippen molar-refractivity contribution in [1.82, 2.24) is 4.90 Å². The van der Waals surface area contributed by atoms with Gasteiger partial charge in [-0.25, -0.2) is 4.79 Å². The summed E-state index contributed by atoms with van der Waals surface area (Å²) in [6.45, 7) is 2.26. The maximum absolute atomic E-state index is 12.3. The summed E-state index contributed by atoms with van der Waals surface area (Å²) in [6.07, 6.45) is 4.62. The first kappa shape index (κ1) is 12.7. The van der Waals surface area contributed by atoms with Crippen LogP contribution < -0.4 is 0 Å². The molecule has 1 fully saturated rings. The molecule has 1 aromatic rings. The number of hydrogen-bond acceptors (Lipinski definition) is 3. The largest absolute Gasteiger partial charge is 0.480 e. The number of amides is 1. The molecule has 1 N–H and O–H groups in total. The number of hydrogen-bond donors (Lipinski definition) is 1. The maximum atomic E-state index is 12.3. The smallest absolute Gasteiger partial charge is 0.326 e. The third-order valence-corrected chi connectivity index (χ3v) is 3.36. The van der Waals surface area contributed by atoms with Gasteiger partial charge < -0.3 is 14.4 Å². The summed E-state index contributed by atoms with van der Waals surface area (Å²) in [5, 5.41) is 9.22. The Morgan fingerprint density at radius 2 is 2.17 bits per heavy atom. The van der Waals surface area contributed by atoms with Crippen LogP contribution in [0.25, 0.3) is 0 Å². The van der Waals surface area contributed by atoms with Crippen molar-refractivity contribution in [2.24, 2.45) is 0 Å². The highest BCUT2D eigenvalue weighted by Crippen LogP contribution is 2.21. The molecule has 0 aromatic carbocycles. The molecule has 0 aliphatic carbocycles. The van der Waals surface area contributed by atoms with Crippen LogP contribution in [-0.2, 0) is 4.79 Å². The lowest BCUT2D eigenvalue weighted by molar-refractivity contribution is -0.142. The van der Waals surface area contributed by atoms with E-state index in [1.54, 1.807) is 13.0 Å². The molecule has 0 saturated carbocycles. The van der Waals surface area contributed by atoms with Gasteiger partial charge in [-0.15, -0.1) is 0 Å². The van der Waals surface area contributed by atoms with Crippen LogP contribution in [0.2, 0.25) is 0 Å². The second-order valence-corrected chi connectivity index (χ2v) is 4.63. The minimum atomic E-state index is -0.936. The number of carbonyl (C=O) groups is 2. The second-order valence-electron chi connectivity index (χ2n) is 4.63. The van der Waals surface area contributed by atoms with Crippen molar-refractivity contribution in [2.75, 3.05) is 6.54 Å². The third-order valence-electron chi connectivity index (χ3n) is 3.36. The lowest BCUT2D eigenvalue weighted by Gasteiger charge is -2.26. The fraction of sp³-hybridized carbons (Fsp3) is 0.538. The molecular formula is C13H17NO4. The topological polar surface area (TPSA) is 70.8 Å². The standard InChI is InChI=1S/C13H17NO4/c1-9-6-8-18-11(9)12(15)14-7-4-2-3-5-10(14)13(16)17/h6,8,10H,2-5,7H2,1H3,(H,16,17). The number of carbonyl (C=O) groups excluding carboxylic acids is 1. The van der Waals surface area contributed by atoms with E-state index in [1.807, 2.05) is 0 Å². The van der Waals surface area contributed by atoms with Gasteiger partial charge in [0.05, 0.1) is 6.26 Å². The fourth-order valence-electron chi connectivity index (χ4n) is 2.33. The van der Waals surface area contributed by atoms with Gasteiger partial charge in [-0.05, 0) is 25.8 Å². The van der Waals surface area contributed by atoms with Crippen LogP contribution in [0, 0.1) is 6.92 Å². The molecule has 1 unspecified atom stereocenters. The molecule has 1 aliphatic heterocycles. The minimum Gasteiger partial charge on any atom is -0.480 e.